The standard InChI is InChI=1S/C18H23N5O4/c1-13-9-14(2)11-15(10-13)27-18-16(23(25)26)17(19-12-20-18)22-5-3-21(4-6-22)7-8-24/h9-12,24H,3-8H2,1-2H3. The third kappa shape index (κ3) is 4.50. The summed E-state index contributed by atoms with van der Waals surface area (Å²) in [5.74, 6) is 0.707. The summed E-state index contributed by atoms with van der Waals surface area (Å²) in [4.78, 5) is 23.4. The summed E-state index contributed by atoms with van der Waals surface area (Å²) in [7, 11) is 0. The van der Waals surface area contributed by atoms with E-state index in [4.69, 9.17) is 9.84 Å². The minimum absolute atomic E-state index is 0.0622. The van der Waals surface area contributed by atoms with Crippen LogP contribution in [0.5, 0.6) is 11.6 Å². The quantitative estimate of drug-likeness (QED) is 0.605. The van der Waals surface area contributed by atoms with Gasteiger partial charge >= 0.3 is 11.6 Å². The molecule has 0 bridgehead atoms. The van der Waals surface area contributed by atoms with Crippen molar-refractivity contribution in [3.05, 3.63) is 45.8 Å². The second-order valence-corrected chi connectivity index (χ2v) is 6.59. The SMILES string of the molecule is Cc1cc(C)cc(Oc2ncnc(N3CCN(CCO)CC3)c2[N+](=O)[O-])c1. The van der Waals surface area contributed by atoms with Gasteiger partial charge in [0, 0.05) is 32.7 Å². The molecule has 1 N–H and O–H groups in total. The van der Waals surface area contributed by atoms with E-state index in [9.17, 15) is 10.1 Å². The summed E-state index contributed by atoms with van der Waals surface area (Å²) in [5, 5.41) is 20.8. The maximum absolute atomic E-state index is 11.8. The maximum Gasteiger partial charge on any atom is 0.373 e. The molecule has 1 aromatic carbocycles. The zero-order chi connectivity index (χ0) is 19.4. The molecule has 0 spiro atoms. The number of hydrogen-bond donors (Lipinski definition) is 1. The number of hydrogen-bond acceptors (Lipinski definition) is 8. The molecule has 0 amide bonds. The molecule has 0 atom stereocenters. The average molecular weight is 373 g/mol. The molecular formula is C18H23N5O4. The van der Waals surface area contributed by atoms with Gasteiger partial charge in [0.15, 0.2) is 0 Å². The lowest BCUT2D eigenvalue weighted by atomic mass is 10.1. The topological polar surface area (TPSA) is 105 Å². The van der Waals surface area contributed by atoms with Crippen molar-refractivity contribution in [2.24, 2.45) is 0 Å². The molecule has 2 aromatic rings. The van der Waals surface area contributed by atoms with Crippen molar-refractivity contribution in [1.29, 1.82) is 0 Å². The van der Waals surface area contributed by atoms with E-state index in [1.165, 1.54) is 6.33 Å². The van der Waals surface area contributed by atoms with E-state index in [0.717, 1.165) is 11.1 Å². The molecule has 3 rings (SSSR count). The van der Waals surface area contributed by atoms with Gasteiger partial charge in [0.2, 0.25) is 5.82 Å². The van der Waals surface area contributed by atoms with Crippen molar-refractivity contribution in [3.63, 3.8) is 0 Å². The van der Waals surface area contributed by atoms with Crippen molar-refractivity contribution in [2.75, 3.05) is 44.2 Å². The zero-order valence-electron chi connectivity index (χ0n) is 15.5. The van der Waals surface area contributed by atoms with Gasteiger partial charge in [0.05, 0.1) is 11.5 Å². The normalized spacial score (nSPS) is 15.0. The Balaban J connectivity index is 1.88. The first-order chi connectivity index (χ1) is 13.0. The molecule has 0 radical (unpaired) electrons. The average Bonchev–Trinajstić information content (AvgIpc) is 2.61. The first-order valence-electron chi connectivity index (χ1n) is 8.81. The summed E-state index contributed by atoms with van der Waals surface area (Å²) in [5.41, 5.74) is 1.77. The van der Waals surface area contributed by atoms with Crippen LogP contribution in [0, 0.1) is 24.0 Å². The van der Waals surface area contributed by atoms with E-state index >= 15 is 0 Å². The molecule has 27 heavy (non-hydrogen) atoms. The van der Waals surface area contributed by atoms with Crippen LogP contribution >= 0.6 is 0 Å². The van der Waals surface area contributed by atoms with Gasteiger partial charge in [0.1, 0.15) is 12.1 Å². The summed E-state index contributed by atoms with van der Waals surface area (Å²) in [6.07, 6.45) is 1.29. The first-order valence-corrected chi connectivity index (χ1v) is 8.81. The fourth-order valence-electron chi connectivity index (χ4n) is 3.25. The van der Waals surface area contributed by atoms with E-state index in [1.807, 2.05) is 36.9 Å². The van der Waals surface area contributed by atoms with E-state index in [1.54, 1.807) is 0 Å². The Morgan fingerprint density at radius 3 is 2.41 bits per heavy atom. The number of aromatic nitrogens is 2. The fraction of sp³-hybridized carbons (Fsp3) is 0.444. The molecule has 0 saturated carbocycles. The molecule has 9 heteroatoms. The smallest absolute Gasteiger partial charge is 0.373 e. The van der Waals surface area contributed by atoms with E-state index in [-0.39, 0.29) is 24.0 Å². The number of ether oxygens (including phenoxy) is 1. The minimum atomic E-state index is -0.493. The lowest BCUT2D eigenvalue weighted by molar-refractivity contribution is -0.385. The third-order valence-electron chi connectivity index (χ3n) is 4.45. The number of aryl methyl sites for hydroxylation is 2. The van der Waals surface area contributed by atoms with Gasteiger partial charge < -0.3 is 14.7 Å². The third-order valence-corrected chi connectivity index (χ3v) is 4.45. The highest BCUT2D eigenvalue weighted by Gasteiger charge is 2.30. The number of anilines is 1. The largest absolute Gasteiger partial charge is 0.434 e. The van der Waals surface area contributed by atoms with Gasteiger partial charge in [-0.25, -0.2) is 4.98 Å². The lowest BCUT2D eigenvalue weighted by Gasteiger charge is -2.34. The monoisotopic (exact) mass is 373 g/mol. The number of aliphatic hydroxyl groups is 1. The molecule has 1 aromatic heterocycles. The molecule has 0 aliphatic carbocycles. The predicted octanol–water partition coefficient (Wildman–Crippen LogP) is 1.91. The molecule has 1 aliphatic rings. The van der Waals surface area contributed by atoms with Gasteiger partial charge in [-0.1, -0.05) is 6.07 Å². The first kappa shape index (κ1) is 19.0. The van der Waals surface area contributed by atoms with Crippen LogP contribution in [0.15, 0.2) is 24.5 Å². The van der Waals surface area contributed by atoms with E-state index in [2.05, 4.69) is 14.9 Å². The predicted molar refractivity (Wildman–Crippen MR) is 100 cm³/mol. The Bertz CT molecular complexity index is 801. The van der Waals surface area contributed by atoms with Gasteiger partial charge in [-0.3, -0.25) is 15.0 Å². The number of nitrogens with zero attached hydrogens (tertiary/aromatic N) is 5. The summed E-state index contributed by atoms with van der Waals surface area (Å²) < 4.78 is 5.76. The second-order valence-electron chi connectivity index (χ2n) is 6.59. The summed E-state index contributed by atoms with van der Waals surface area (Å²) >= 11 is 0. The van der Waals surface area contributed by atoms with Crippen molar-refractivity contribution in [2.45, 2.75) is 13.8 Å². The van der Waals surface area contributed by atoms with Crippen LogP contribution < -0.4 is 9.64 Å². The molecule has 2 heterocycles. The highest BCUT2D eigenvalue weighted by Crippen LogP contribution is 2.36. The molecule has 1 saturated heterocycles. The van der Waals surface area contributed by atoms with Crippen molar-refractivity contribution >= 4 is 11.5 Å². The highest BCUT2D eigenvalue weighted by molar-refractivity contribution is 5.63. The van der Waals surface area contributed by atoms with Gasteiger partial charge in [-0.05, 0) is 37.1 Å². The number of benzene rings is 1. The Labute approximate surface area is 157 Å². The van der Waals surface area contributed by atoms with E-state index in [0.29, 0.717) is 38.5 Å². The highest BCUT2D eigenvalue weighted by atomic mass is 16.6. The minimum Gasteiger partial charge on any atom is -0.434 e. The van der Waals surface area contributed by atoms with Crippen LogP contribution in [-0.2, 0) is 0 Å². The Kier molecular flexibility index (Phi) is 5.82. The van der Waals surface area contributed by atoms with Crippen LogP contribution in [0.2, 0.25) is 0 Å². The number of piperazine rings is 1. The molecule has 1 aliphatic heterocycles. The second kappa shape index (κ2) is 8.28. The van der Waals surface area contributed by atoms with Crippen molar-refractivity contribution < 1.29 is 14.8 Å². The number of nitro groups is 1. The van der Waals surface area contributed by atoms with Gasteiger partial charge in [-0.2, -0.15) is 4.98 Å². The molecule has 144 valence electrons. The summed E-state index contributed by atoms with van der Waals surface area (Å²) in [6.45, 7) is 7.14. The number of rotatable bonds is 6. The molecule has 1 fully saturated rings. The lowest BCUT2D eigenvalue weighted by Crippen LogP contribution is -2.47. The fourth-order valence-corrected chi connectivity index (χ4v) is 3.25. The zero-order valence-corrected chi connectivity index (χ0v) is 15.5. The maximum atomic E-state index is 11.8. The molecule has 0 unspecified atom stereocenters. The van der Waals surface area contributed by atoms with Crippen molar-refractivity contribution in [1.82, 2.24) is 14.9 Å². The van der Waals surface area contributed by atoms with Gasteiger partial charge in [0.25, 0.3) is 0 Å². The van der Waals surface area contributed by atoms with Crippen LogP contribution in [0.4, 0.5) is 11.5 Å². The van der Waals surface area contributed by atoms with E-state index < -0.39 is 4.92 Å². The molecule has 9 nitrogen and oxygen atoms in total. The Hall–Kier alpha value is -2.78. The van der Waals surface area contributed by atoms with Crippen molar-refractivity contribution in [3.8, 4) is 11.6 Å². The Morgan fingerprint density at radius 2 is 1.81 bits per heavy atom. The summed E-state index contributed by atoms with van der Waals surface area (Å²) in [6, 6.07) is 5.62. The number of β-amino-alcohol motifs (C(OH)–C–C–N with tert-alkyl or cyclic N) is 1. The Morgan fingerprint density at radius 1 is 1.15 bits per heavy atom. The number of aliphatic hydroxyl groups excluding tert-OH is 1. The van der Waals surface area contributed by atoms with Crippen LogP contribution in [0.3, 0.4) is 0 Å². The molecular weight excluding hydrogens is 350 g/mol. The van der Waals surface area contributed by atoms with Crippen LogP contribution in [-0.4, -0.2) is 64.2 Å². The van der Waals surface area contributed by atoms with Gasteiger partial charge in [-0.15, -0.1) is 0 Å². The van der Waals surface area contributed by atoms with Crippen LogP contribution in [0.25, 0.3) is 0 Å². The van der Waals surface area contributed by atoms with Crippen LogP contribution in [0.1, 0.15) is 11.1 Å².